The minimum Gasteiger partial charge on any atom is -0.488 e. The van der Waals surface area contributed by atoms with E-state index in [0.29, 0.717) is 12.4 Å². The first kappa shape index (κ1) is 13.0. The topological polar surface area (TPSA) is 87.0 Å². The number of benzene rings is 2. The van der Waals surface area contributed by atoms with E-state index in [0.717, 1.165) is 34.2 Å². The normalized spacial score (nSPS) is 16.5. The molecular weight excluding hydrogens is 276 g/mol. The molecule has 1 atom stereocenters. The highest BCUT2D eigenvalue weighted by atomic mass is 16.5. The fourth-order valence-electron chi connectivity index (χ4n) is 2.94. The molecule has 0 radical (unpaired) electrons. The molecule has 1 aliphatic rings. The lowest BCUT2D eigenvalue weighted by Gasteiger charge is -2.11. The summed E-state index contributed by atoms with van der Waals surface area (Å²) in [4.78, 5) is 8.29. The fourth-order valence-corrected chi connectivity index (χ4v) is 2.94. The summed E-state index contributed by atoms with van der Waals surface area (Å²) in [5, 5.41) is 0.853. The van der Waals surface area contributed by atoms with Crippen LogP contribution in [0.25, 0.3) is 22.0 Å². The maximum atomic E-state index is 6.00. The SMILES string of the molecule is NCC1Cc2cccc(-c3ccc4ncnc(N)c4c3)c2O1. The van der Waals surface area contributed by atoms with Crippen LogP contribution >= 0.6 is 0 Å². The van der Waals surface area contributed by atoms with Crippen LogP contribution in [0, 0.1) is 0 Å². The molecule has 0 spiro atoms. The maximum absolute atomic E-state index is 6.00. The summed E-state index contributed by atoms with van der Waals surface area (Å²) in [7, 11) is 0. The van der Waals surface area contributed by atoms with Crippen molar-refractivity contribution >= 4 is 16.7 Å². The van der Waals surface area contributed by atoms with Crippen molar-refractivity contribution in [3.05, 3.63) is 48.3 Å². The van der Waals surface area contributed by atoms with E-state index in [1.165, 1.54) is 11.9 Å². The van der Waals surface area contributed by atoms with Gasteiger partial charge < -0.3 is 16.2 Å². The van der Waals surface area contributed by atoms with E-state index in [1.54, 1.807) is 0 Å². The monoisotopic (exact) mass is 292 g/mol. The van der Waals surface area contributed by atoms with Crippen LogP contribution in [0.4, 0.5) is 5.82 Å². The van der Waals surface area contributed by atoms with E-state index in [1.807, 2.05) is 24.3 Å². The molecule has 4 rings (SSSR count). The Morgan fingerprint density at radius 1 is 1.18 bits per heavy atom. The van der Waals surface area contributed by atoms with Crippen LogP contribution in [0.2, 0.25) is 0 Å². The van der Waals surface area contributed by atoms with Gasteiger partial charge in [-0.1, -0.05) is 24.3 Å². The van der Waals surface area contributed by atoms with E-state index in [-0.39, 0.29) is 6.10 Å². The third-order valence-electron chi connectivity index (χ3n) is 4.07. The Bertz CT molecular complexity index is 862. The van der Waals surface area contributed by atoms with Gasteiger partial charge in [-0.05, 0) is 23.3 Å². The Labute approximate surface area is 127 Å². The Morgan fingerprint density at radius 3 is 2.95 bits per heavy atom. The fraction of sp³-hybridized carbons (Fsp3) is 0.176. The van der Waals surface area contributed by atoms with Crippen molar-refractivity contribution in [1.29, 1.82) is 0 Å². The van der Waals surface area contributed by atoms with Crippen molar-refractivity contribution in [1.82, 2.24) is 9.97 Å². The Hall–Kier alpha value is -2.66. The molecule has 1 aliphatic heterocycles. The van der Waals surface area contributed by atoms with Crippen molar-refractivity contribution in [3.63, 3.8) is 0 Å². The molecule has 0 saturated heterocycles. The number of fused-ring (bicyclic) bond motifs is 2. The van der Waals surface area contributed by atoms with E-state index in [9.17, 15) is 0 Å². The first-order valence-corrected chi connectivity index (χ1v) is 7.25. The summed E-state index contributed by atoms with van der Waals surface area (Å²) in [6.07, 6.45) is 2.40. The molecule has 22 heavy (non-hydrogen) atoms. The summed E-state index contributed by atoms with van der Waals surface area (Å²) in [6, 6.07) is 12.2. The number of aromatic nitrogens is 2. The maximum Gasteiger partial charge on any atom is 0.134 e. The van der Waals surface area contributed by atoms with Crippen LogP contribution < -0.4 is 16.2 Å². The van der Waals surface area contributed by atoms with Gasteiger partial charge in [-0.15, -0.1) is 0 Å². The van der Waals surface area contributed by atoms with Crippen molar-refractivity contribution in [2.45, 2.75) is 12.5 Å². The highest BCUT2D eigenvalue weighted by Gasteiger charge is 2.24. The number of hydrogen-bond donors (Lipinski definition) is 2. The number of para-hydroxylation sites is 1. The highest BCUT2D eigenvalue weighted by Crippen LogP contribution is 2.39. The molecule has 0 fully saturated rings. The molecule has 2 aromatic carbocycles. The number of nitrogen functional groups attached to an aromatic ring is 1. The lowest BCUT2D eigenvalue weighted by atomic mass is 9.99. The van der Waals surface area contributed by atoms with Gasteiger partial charge in [-0.2, -0.15) is 0 Å². The second-order valence-corrected chi connectivity index (χ2v) is 5.46. The van der Waals surface area contributed by atoms with Crippen molar-refractivity contribution in [3.8, 4) is 16.9 Å². The highest BCUT2D eigenvalue weighted by molar-refractivity contribution is 5.92. The summed E-state index contributed by atoms with van der Waals surface area (Å²) in [5.74, 6) is 1.41. The summed E-state index contributed by atoms with van der Waals surface area (Å²) in [5.41, 5.74) is 15.8. The van der Waals surface area contributed by atoms with Gasteiger partial charge in [0, 0.05) is 23.9 Å². The van der Waals surface area contributed by atoms with E-state index >= 15 is 0 Å². The van der Waals surface area contributed by atoms with Crippen LogP contribution in [-0.2, 0) is 6.42 Å². The minimum atomic E-state index is 0.0602. The van der Waals surface area contributed by atoms with Crippen LogP contribution in [0.5, 0.6) is 5.75 Å². The second kappa shape index (κ2) is 4.96. The standard InChI is InChI=1S/C17H16N4O/c18-8-12-6-11-2-1-3-13(16(11)22-12)10-4-5-15-14(7-10)17(19)21-9-20-15/h1-5,7,9,12H,6,8,18H2,(H2,19,20,21). The third-order valence-corrected chi connectivity index (χ3v) is 4.07. The lowest BCUT2D eigenvalue weighted by Crippen LogP contribution is -2.24. The zero-order chi connectivity index (χ0) is 15.1. The van der Waals surface area contributed by atoms with Gasteiger partial charge in [0.05, 0.1) is 5.52 Å². The molecule has 0 amide bonds. The Morgan fingerprint density at radius 2 is 2.09 bits per heavy atom. The molecule has 5 heteroatoms. The van der Waals surface area contributed by atoms with Gasteiger partial charge >= 0.3 is 0 Å². The van der Waals surface area contributed by atoms with Crippen molar-refractivity contribution in [2.75, 3.05) is 12.3 Å². The number of anilines is 1. The van der Waals surface area contributed by atoms with Crippen molar-refractivity contribution in [2.24, 2.45) is 5.73 Å². The minimum absolute atomic E-state index is 0.0602. The molecule has 110 valence electrons. The van der Waals surface area contributed by atoms with Gasteiger partial charge in [0.2, 0.25) is 0 Å². The molecule has 0 aliphatic carbocycles. The molecule has 4 N–H and O–H groups in total. The van der Waals surface area contributed by atoms with Crippen LogP contribution in [0.1, 0.15) is 5.56 Å². The molecule has 1 unspecified atom stereocenters. The predicted octanol–water partition coefficient (Wildman–Crippen LogP) is 2.14. The molecule has 1 aromatic heterocycles. The zero-order valence-electron chi connectivity index (χ0n) is 12.0. The van der Waals surface area contributed by atoms with Gasteiger partial charge in [0.15, 0.2) is 0 Å². The Balaban J connectivity index is 1.87. The van der Waals surface area contributed by atoms with Gasteiger partial charge in [-0.3, -0.25) is 0 Å². The molecule has 0 saturated carbocycles. The van der Waals surface area contributed by atoms with Crippen LogP contribution in [0.15, 0.2) is 42.7 Å². The molecular formula is C17H16N4O. The van der Waals surface area contributed by atoms with Crippen LogP contribution in [-0.4, -0.2) is 22.6 Å². The first-order chi connectivity index (χ1) is 10.8. The van der Waals surface area contributed by atoms with E-state index < -0.39 is 0 Å². The number of rotatable bonds is 2. The number of ether oxygens (including phenoxy) is 1. The average molecular weight is 292 g/mol. The second-order valence-electron chi connectivity index (χ2n) is 5.46. The smallest absolute Gasteiger partial charge is 0.134 e. The number of nitrogens with zero attached hydrogens (tertiary/aromatic N) is 2. The predicted molar refractivity (Wildman–Crippen MR) is 86.6 cm³/mol. The van der Waals surface area contributed by atoms with E-state index in [4.69, 9.17) is 16.2 Å². The molecule has 0 bridgehead atoms. The molecule has 3 aromatic rings. The van der Waals surface area contributed by atoms with Crippen molar-refractivity contribution < 1.29 is 4.74 Å². The number of nitrogens with two attached hydrogens (primary N) is 2. The summed E-state index contributed by atoms with van der Waals surface area (Å²) in [6.45, 7) is 0.520. The van der Waals surface area contributed by atoms with Crippen LogP contribution in [0.3, 0.4) is 0 Å². The third kappa shape index (κ3) is 1.98. The quantitative estimate of drug-likeness (QED) is 0.755. The largest absolute Gasteiger partial charge is 0.488 e. The van der Waals surface area contributed by atoms with E-state index in [2.05, 4.69) is 22.1 Å². The number of hydrogen-bond acceptors (Lipinski definition) is 5. The average Bonchev–Trinajstić information content (AvgIpc) is 2.98. The van der Waals surface area contributed by atoms with Gasteiger partial charge in [-0.25, -0.2) is 9.97 Å². The Kier molecular flexibility index (Phi) is 2.94. The van der Waals surface area contributed by atoms with Gasteiger partial charge in [0.25, 0.3) is 0 Å². The lowest BCUT2D eigenvalue weighted by molar-refractivity contribution is 0.242. The zero-order valence-corrected chi connectivity index (χ0v) is 12.0. The molecule has 5 nitrogen and oxygen atoms in total. The molecule has 2 heterocycles. The summed E-state index contributed by atoms with van der Waals surface area (Å²) < 4.78 is 6.00. The first-order valence-electron chi connectivity index (χ1n) is 7.25. The summed E-state index contributed by atoms with van der Waals surface area (Å²) >= 11 is 0. The van der Waals surface area contributed by atoms with Gasteiger partial charge in [0.1, 0.15) is 24.0 Å².